The van der Waals surface area contributed by atoms with Gasteiger partial charge in [-0.3, -0.25) is 0 Å². The van der Waals surface area contributed by atoms with E-state index >= 15 is 0 Å². The second-order valence-electron chi connectivity index (χ2n) is 6.21. The Balaban J connectivity index is 1.78. The third-order valence-corrected chi connectivity index (χ3v) is 4.85. The van der Waals surface area contributed by atoms with Crippen molar-refractivity contribution in [3.05, 3.63) is 0 Å². The molecule has 0 heterocycles. The number of carbonyl (C=O) groups is 1. The molecule has 2 fully saturated rings. The molecule has 2 aliphatic rings. The minimum Gasteiger partial charge on any atom is -0.380 e. The molecule has 4 heteroatoms. The van der Waals surface area contributed by atoms with Crippen LogP contribution in [-0.4, -0.2) is 31.8 Å². The quantitative estimate of drug-likeness (QED) is 0.705. The molecule has 0 radical (unpaired) electrons. The molecule has 20 heavy (non-hydrogen) atoms. The van der Waals surface area contributed by atoms with E-state index in [0.717, 1.165) is 0 Å². The van der Waals surface area contributed by atoms with Gasteiger partial charge < -0.3 is 15.4 Å². The van der Waals surface area contributed by atoms with Crippen molar-refractivity contribution < 1.29 is 9.53 Å². The van der Waals surface area contributed by atoms with Gasteiger partial charge in [-0.25, -0.2) is 4.79 Å². The van der Waals surface area contributed by atoms with Gasteiger partial charge in [0.05, 0.1) is 6.61 Å². The lowest BCUT2D eigenvalue weighted by Gasteiger charge is -2.30. The summed E-state index contributed by atoms with van der Waals surface area (Å²) >= 11 is 0. The average molecular weight is 282 g/mol. The first-order valence-electron chi connectivity index (χ1n) is 8.43. The molecule has 2 amide bonds. The maximum Gasteiger partial charge on any atom is 0.315 e. The number of amides is 2. The summed E-state index contributed by atoms with van der Waals surface area (Å²) in [5, 5.41) is 6.19. The molecule has 0 aliphatic heterocycles. The topological polar surface area (TPSA) is 50.4 Å². The molecule has 0 bridgehead atoms. The molecular weight excluding hydrogens is 252 g/mol. The smallest absolute Gasteiger partial charge is 0.315 e. The number of nitrogens with one attached hydrogen (secondary N) is 2. The molecule has 0 spiro atoms. The zero-order chi connectivity index (χ0) is 14.2. The summed E-state index contributed by atoms with van der Waals surface area (Å²) < 4.78 is 5.25. The molecule has 0 atom stereocenters. The van der Waals surface area contributed by atoms with E-state index in [1.54, 1.807) is 0 Å². The van der Waals surface area contributed by atoms with E-state index in [4.69, 9.17) is 4.74 Å². The second-order valence-corrected chi connectivity index (χ2v) is 6.21. The van der Waals surface area contributed by atoms with Crippen molar-refractivity contribution in [3.8, 4) is 0 Å². The van der Waals surface area contributed by atoms with Gasteiger partial charge in [0, 0.05) is 19.2 Å². The van der Waals surface area contributed by atoms with Crippen LogP contribution in [0.1, 0.15) is 58.3 Å². The Labute approximate surface area is 123 Å². The Kier molecular flexibility index (Phi) is 6.64. The van der Waals surface area contributed by atoms with Crippen molar-refractivity contribution in [2.45, 2.75) is 64.3 Å². The fraction of sp³-hybridized carbons (Fsp3) is 0.938. The molecule has 0 aromatic carbocycles. The van der Waals surface area contributed by atoms with Crippen LogP contribution < -0.4 is 10.6 Å². The standard InChI is InChI=1S/C16H30N2O2/c1-2-20-12-11-17-16(19)18-15(13-7-3-4-8-13)14-9-5-6-10-14/h13-15H,2-12H2,1H3,(H2,17,18,19). The van der Waals surface area contributed by atoms with E-state index in [2.05, 4.69) is 10.6 Å². The molecular formula is C16H30N2O2. The van der Waals surface area contributed by atoms with E-state index in [1.165, 1.54) is 51.4 Å². The third-order valence-electron chi connectivity index (χ3n) is 4.85. The minimum absolute atomic E-state index is 0.00602. The molecule has 4 nitrogen and oxygen atoms in total. The van der Waals surface area contributed by atoms with Gasteiger partial charge >= 0.3 is 6.03 Å². The van der Waals surface area contributed by atoms with Crippen molar-refractivity contribution in [2.24, 2.45) is 11.8 Å². The normalized spacial score (nSPS) is 20.7. The highest BCUT2D eigenvalue weighted by atomic mass is 16.5. The highest BCUT2D eigenvalue weighted by Gasteiger charge is 2.34. The summed E-state index contributed by atoms with van der Waals surface area (Å²) in [6, 6.07) is 0.389. The first kappa shape index (κ1) is 15.6. The van der Waals surface area contributed by atoms with E-state index in [9.17, 15) is 4.79 Å². The van der Waals surface area contributed by atoms with Gasteiger partial charge in [0.15, 0.2) is 0 Å². The molecule has 116 valence electrons. The van der Waals surface area contributed by atoms with Crippen LogP contribution in [-0.2, 0) is 4.74 Å². The number of ether oxygens (including phenoxy) is 1. The van der Waals surface area contributed by atoms with E-state index < -0.39 is 0 Å². The number of carbonyl (C=O) groups excluding carboxylic acids is 1. The maximum absolute atomic E-state index is 12.1. The number of hydrogen-bond acceptors (Lipinski definition) is 2. The molecule has 2 saturated carbocycles. The molecule has 0 aromatic heterocycles. The first-order chi connectivity index (χ1) is 9.81. The van der Waals surface area contributed by atoms with Gasteiger partial charge in [-0.15, -0.1) is 0 Å². The Morgan fingerprint density at radius 2 is 1.65 bits per heavy atom. The molecule has 0 saturated heterocycles. The first-order valence-corrected chi connectivity index (χ1v) is 8.43. The lowest BCUT2D eigenvalue weighted by molar-refractivity contribution is 0.148. The van der Waals surface area contributed by atoms with Crippen molar-refractivity contribution in [1.82, 2.24) is 10.6 Å². The van der Waals surface area contributed by atoms with E-state index in [0.29, 0.717) is 37.6 Å². The van der Waals surface area contributed by atoms with Gasteiger partial charge in [-0.1, -0.05) is 25.7 Å². The molecule has 0 aromatic rings. The zero-order valence-corrected chi connectivity index (χ0v) is 12.8. The predicted octanol–water partition coefficient (Wildman–Crippen LogP) is 3.07. The van der Waals surface area contributed by atoms with Gasteiger partial charge in [-0.05, 0) is 44.4 Å². The zero-order valence-electron chi connectivity index (χ0n) is 12.8. The van der Waals surface area contributed by atoms with Crippen LogP contribution in [0.2, 0.25) is 0 Å². The lowest BCUT2D eigenvalue weighted by atomic mass is 9.86. The highest BCUT2D eigenvalue weighted by molar-refractivity contribution is 5.74. The fourth-order valence-corrected chi connectivity index (χ4v) is 3.84. The van der Waals surface area contributed by atoms with Gasteiger partial charge in [0.2, 0.25) is 0 Å². The van der Waals surface area contributed by atoms with Crippen molar-refractivity contribution in [1.29, 1.82) is 0 Å². The average Bonchev–Trinajstić information content (AvgIpc) is 3.13. The summed E-state index contributed by atoms with van der Waals surface area (Å²) in [5.41, 5.74) is 0. The molecule has 2 aliphatic carbocycles. The predicted molar refractivity (Wildman–Crippen MR) is 80.7 cm³/mol. The van der Waals surface area contributed by atoms with Crippen LogP contribution in [0.15, 0.2) is 0 Å². The van der Waals surface area contributed by atoms with Crippen LogP contribution in [0.5, 0.6) is 0 Å². The van der Waals surface area contributed by atoms with Crippen LogP contribution in [0, 0.1) is 11.8 Å². The third kappa shape index (κ3) is 4.65. The number of hydrogen-bond donors (Lipinski definition) is 2. The monoisotopic (exact) mass is 282 g/mol. The Morgan fingerprint density at radius 1 is 1.10 bits per heavy atom. The van der Waals surface area contributed by atoms with Crippen LogP contribution in [0.4, 0.5) is 4.79 Å². The van der Waals surface area contributed by atoms with Gasteiger partial charge in [0.25, 0.3) is 0 Å². The lowest BCUT2D eigenvalue weighted by Crippen LogP contribution is -2.49. The SMILES string of the molecule is CCOCCNC(=O)NC(C1CCCC1)C1CCCC1. The summed E-state index contributed by atoms with van der Waals surface area (Å²) in [6.45, 7) is 3.87. The van der Waals surface area contributed by atoms with Crippen molar-refractivity contribution in [2.75, 3.05) is 19.8 Å². The van der Waals surface area contributed by atoms with Crippen LogP contribution in [0.3, 0.4) is 0 Å². The van der Waals surface area contributed by atoms with Crippen molar-refractivity contribution in [3.63, 3.8) is 0 Å². The Morgan fingerprint density at radius 3 is 2.15 bits per heavy atom. The summed E-state index contributed by atoms with van der Waals surface area (Å²) in [7, 11) is 0. The largest absolute Gasteiger partial charge is 0.380 e. The summed E-state index contributed by atoms with van der Waals surface area (Å²) in [5.74, 6) is 1.41. The molecule has 2 N–H and O–H groups in total. The molecule has 0 unspecified atom stereocenters. The number of urea groups is 1. The molecule has 2 rings (SSSR count). The van der Waals surface area contributed by atoms with Gasteiger partial charge in [-0.2, -0.15) is 0 Å². The highest BCUT2D eigenvalue weighted by Crippen LogP contribution is 2.37. The second kappa shape index (κ2) is 8.50. The number of rotatable bonds is 7. The maximum atomic E-state index is 12.1. The minimum atomic E-state index is -0.00602. The Hall–Kier alpha value is -0.770. The van der Waals surface area contributed by atoms with E-state index in [-0.39, 0.29) is 6.03 Å². The summed E-state index contributed by atoms with van der Waals surface area (Å²) in [6.07, 6.45) is 10.5. The van der Waals surface area contributed by atoms with Crippen LogP contribution >= 0.6 is 0 Å². The summed E-state index contributed by atoms with van der Waals surface area (Å²) in [4.78, 5) is 12.1. The van der Waals surface area contributed by atoms with E-state index in [1.807, 2.05) is 6.92 Å². The van der Waals surface area contributed by atoms with Crippen LogP contribution in [0.25, 0.3) is 0 Å². The Bertz CT molecular complexity index is 268. The van der Waals surface area contributed by atoms with Gasteiger partial charge in [0.1, 0.15) is 0 Å². The fourth-order valence-electron chi connectivity index (χ4n) is 3.84. The van der Waals surface area contributed by atoms with Crippen molar-refractivity contribution >= 4 is 6.03 Å².